The van der Waals surface area contributed by atoms with Gasteiger partial charge < -0.3 is 9.30 Å². The smallest absolute Gasteiger partial charge is 0.136 e. The first kappa shape index (κ1) is 13.8. The van der Waals surface area contributed by atoms with E-state index in [1.807, 2.05) is 18.6 Å². The molecule has 0 radical (unpaired) electrons. The molecule has 0 aromatic carbocycles. The van der Waals surface area contributed by atoms with Crippen LogP contribution in [0, 0.1) is 6.92 Å². The normalized spacial score (nSPS) is 11.4. The van der Waals surface area contributed by atoms with Gasteiger partial charge in [-0.25, -0.2) is 4.98 Å². The molecule has 0 aliphatic heterocycles. The van der Waals surface area contributed by atoms with Crippen molar-refractivity contribution in [2.24, 2.45) is 0 Å². The summed E-state index contributed by atoms with van der Waals surface area (Å²) in [5, 5.41) is 0. The average molecular weight is 280 g/mol. The fourth-order valence-electron chi connectivity index (χ4n) is 2.48. The minimum atomic E-state index is 0.899. The lowest BCUT2D eigenvalue weighted by Crippen LogP contribution is -2.21. The Hall–Kier alpha value is -2.20. The van der Waals surface area contributed by atoms with Crippen molar-refractivity contribution in [1.82, 2.24) is 19.3 Å². The molecule has 4 nitrogen and oxygen atoms in total. The summed E-state index contributed by atoms with van der Waals surface area (Å²) in [5.74, 6) is 0. The first-order chi connectivity index (χ1) is 10.2. The zero-order chi connectivity index (χ0) is 14.7. The summed E-state index contributed by atoms with van der Waals surface area (Å²) in [4.78, 5) is 10.8. The van der Waals surface area contributed by atoms with Crippen LogP contribution in [-0.4, -0.2) is 32.9 Å². The number of likely N-dealkylation sites (N-methyl/N-ethyl adjacent to an activating group) is 1. The maximum Gasteiger partial charge on any atom is 0.136 e. The quantitative estimate of drug-likeness (QED) is 0.720. The first-order valence-corrected chi connectivity index (χ1v) is 7.22. The lowest BCUT2D eigenvalue weighted by molar-refractivity contribution is 0.326. The van der Waals surface area contributed by atoms with Crippen molar-refractivity contribution in [3.63, 3.8) is 0 Å². The molecule has 3 heterocycles. The summed E-state index contributed by atoms with van der Waals surface area (Å²) in [6, 6.07) is 8.31. The molecule has 0 fully saturated rings. The number of nitrogens with zero attached hydrogens (tertiary/aromatic N) is 4. The van der Waals surface area contributed by atoms with E-state index in [0.717, 1.165) is 25.2 Å². The van der Waals surface area contributed by atoms with E-state index in [-0.39, 0.29) is 0 Å². The van der Waals surface area contributed by atoms with Crippen LogP contribution in [0.4, 0.5) is 0 Å². The number of aromatic nitrogens is 3. The molecule has 0 aliphatic carbocycles. The topological polar surface area (TPSA) is 33.4 Å². The van der Waals surface area contributed by atoms with Gasteiger partial charge in [-0.3, -0.25) is 4.98 Å². The highest BCUT2D eigenvalue weighted by atomic mass is 15.1. The first-order valence-electron chi connectivity index (χ1n) is 7.22. The lowest BCUT2D eigenvalue weighted by atomic mass is 10.2. The van der Waals surface area contributed by atoms with Gasteiger partial charge in [-0.2, -0.15) is 0 Å². The molecule has 0 aliphatic rings. The number of hydrogen-bond donors (Lipinski definition) is 0. The Balaban J connectivity index is 1.66. The minimum absolute atomic E-state index is 0.899. The second-order valence-electron chi connectivity index (χ2n) is 5.53. The minimum Gasteiger partial charge on any atom is -0.303 e. The number of rotatable bonds is 5. The third-order valence-electron chi connectivity index (χ3n) is 3.69. The Morgan fingerprint density at radius 3 is 2.76 bits per heavy atom. The molecule has 0 spiro atoms. The summed E-state index contributed by atoms with van der Waals surface area (Å²) in [7, 11) is 2.15. The second kappa shape index (κ2) is 6.06. The van der Waals surface area contributed by atoms with Crippen molar-refractivity contribution in [3.8, 4) is 0 Å². The summed E-state index contributed by atoms with van der Waals surface area (Å²) in [5.41, 5.74) is 4.82. The van der Waals surface area contributed by atoms with E-state index >= 15 is 0 Å². The molecule has 3 aromatic rings. The SMILES string of the molecule is Cc1ccc2ncc(CN(C)CCc3ccncc3)n2c1. The molecule has 0 amide bonds. The van der Waals surface area contributed by atoms with Gasteiger partial charge in [-0.15, -0.1) is 0 Å². The summed E-state index contributed by atoms with van der Waals surface area (Å²) in [6.45, 7) is 4.02. The van der Waals surface area contributed by atoms with Gasteiger partial charge in [-0.1, -0.05) is 6.07 Å². The van der Waals surface area contributed by atoms with Gasteiger partial charge in [0, 0.05) is 31.7 Å². The summed E-state index contributed by atoms with van der Waals surface area (Å²) in [6.07, 6.45) is 8.85. The predicted octanol–water partition coefficient (Wildman–Crippen LogP) is 2.71. The van der Waals surface area contributed by atoms with Crippen molar-refractivity contribution in [1.29, 1.82) is 0 Å². The van der Waals surface area contributed by atoms with Crippen LogP contribution in [-0.2, 0) is 13.0 Å². The Kier molecular flexibility index (Phi) is 3.97. The molecule has 0 saturated carbocycles. The molecule has 3 aromatic heterocycles. The average Bonchev–Trinajstić information content (AvgIpc) is 2.88. The molecular weight excluding hydrogens is 260 g/mol. The van der Waals surface area contributed by atoms with Crippen LogP contribution in [0.25, 0.3) is 5.65 Å². The Morgan fingerprint density at radius 1 is 1.14 bits per heavy atom. The molecule has 3 rings (SSSR count). The fraction of sp³-hybridized carbons (Fsp3) is 0.294. The number of aryl methyl sites for hydroxylation is 1. The number of hydrogen-bond acceptors (Lipinski definition) is 3. The van der Waals surface area contributed by atoms with Crippen molar-refractivity contribution in [2.75, 3.05) is 13.6 Å². The van der Waals surface area contributed by atoms with Gasteiger partial charge in [0.15, 0.2) is 0 Å². The fourth-order valence-corrected chi connectivity index (χ4v) is 2.48. The van der Waals surface area contributed by atoms with Gasteiger partial charge in [-0.05, 0) is 49.7 Å². The molecule has 21 heavy (non-hydrogen) atoms. The van der Waals surface area contributed by atoms with Gasteiger partial charge in [0.1, 0.15) is 5.65 Å². The molecule has 4 heteroatoms. The summed E-state index contributed by atoms with van der Waals surface area (Å²) >= 11 is 0. The number of pyridine rings is 2. The van der Waals surface area contributed by atoms with Gasteiger partial charge in [0.2, 0.25) is 0 Å². The van der Waals surface area contributed by atoms with E-state index in [4.69, 9.17) is 0 Å². The number of imidazole rings is 1. The van der Waals surface area contributed by atoms with E-state index in [0.29, 0.717) is 0 Å². The largest absolute Gasteiger partial charge is 0.303 e. The maximum absolute atomic E-state index is 4.46. The van der Waals surface area contributed by atoms with E-state index in [1.54, 1.807) is 0 Å². The lowest BCUT2D eigenvalue weighted by Gasteiger charge is -2.16. The van der Waals surface area contributed by atoms with Crippen LogP contribution in [0.15, 0.2) is 49.1 Å². The Morgan fingerprint density at radius 2 is 1.95 bits per heavy atom. The third kappa shape index (κ3) is 3.28. The second-order valence-corrected chi connectivity index (χ2v) is 5.53. The van der Waals surface area contributed by atoms with Crippen LogP contribution in [0.3, 0.4) is 0 Å². The van der Waals surface area contributed by atoms with Crippen LogP contribution in [0.1, 0.15) is 16.8 Å². The van der Waals surface area contributed by atoms with E-state index in [2.05, 4.69) is 63.7 Å². The van der Waals surface area contributed by atoms with Crippen LogP contribution < -0.4 is 0 Å². The molecule has 0 N–H and O–H groups in total. The predicted molar refractivity (Wildman–Crippen MR) is 84.2 cm³/mol. The highest BCUT2D eigenvalue weighted by Gasteiger charge is 2.06. The van der Waals surface area contributed by atoms with E-state index in [1.165, 1.54) is 16.8 Å². The summed E-state index contributed by atoms with van der Waals surface area (Å²) < 4.78 is 2.18. The molecular formula is C17H20N4. The highest BCUT2D eigenvalue weighted by molar-refractivity contribution is 5.41. The van der Waals surface area contributed by atoms with Crippen molar-refractivity contribution in [2.45, 2.75) is 19.9 Å². The monoisotopic (exact) mass is 280 g/mol. The van der Waals surface area contributed by atoms with E-state index < -0.39 is 0 Å². The number of fused-ring (bicyclic) bond motifs is 1. The Bertz CT molecular complexity index is 718. The van der Waals surface area contributed by atoms with Crippen LogP contribution in [0.2, 0.25) is 0 Å². The van der Waals surface area contributed by atoms with Crippen LogP contribution >= 0.6 is 0 Å². The highest BCUT2D eigenvalue weighted by Crippen LogP contribution is 2.11. The van der Waals surface area contributed by atoms with Gasteiger partial charge in [0.25, 0.3) is 0 Å². The zero-order valence-electron chi connectivity index (χ0n) is 12.5. The molecule has 108 valence electrons. The van der Waals surface area contributed by atoms with E-state index in [9.17, 15) is 0 Å². The Labute approximate surface area is 125 Å². The molecule has 0 bridgehead atoms. The third-order valence-corrected chi connectivity index (χ3v) is 3.69. The van der Waals surface area contributed by atoms with Gasteiger partial charge >= 0.3 is 0 Å². The van der Waals surface area contributed by atoms with Crippen molar-refractivity contribution in [3.05, 3.63) is 65.9 Å². The van der Waals surface area contributed by atoms with Crippen molar-refractivity contribution < 1.29 is 0 Å². The zero-order valence-corrected chi connectivity index (χ0v) is 12.5. The van der Waals surface area contributed by atoms with Gasteiger partial charge in [0.05, 0.1) is 11.9 Å². The van der Waals surface area contributed by atoms with Crippen LogP contribution in [0.5, 0.6) is 0 Å². The molecule has 0 unspecified atom stereocenters. The maximum atomic E-state index is 4.46. The molecule has 0 atom stereocenters. The standard InChI is InChI=1S/C17H20N4/c1-14-3-4-17-19-11-16(21(17)12-14)13-20(2)10-7-15-5-8-18-9-6-15/h3-6,8-9,11-12H,7,10,13H2,1-2H3. The van der Waals surface area contributed by atoms with Crippen molar-refractivity contribution >= 4 is 5.65 Å². The molecule has 0 saturated heterocycles.